The first-order valence-electron chi connectivity index (χ1n) is 17.0. The molecule has 9 rings (SSSR count). The molecule has 48 heavy (non-hydrogen) atoms. The Hall–Kier alpha value is -5.66. The van der Waals surface area contributed by atoms with Crippen molar-refractivity contribution in [1.29, 1.82) is 0 Å². The van der Waals surface area contributed by atoms with Gasteiger partial charge in [0, 0.05) is 28.1 Å². The van der Waals surface area contributed by atoms with Crippen molar-refractivity contribution in [1.82, 2.24) is 0 Å². The van der Waals surface area contributed by atoms with E-state index >= 15 is 0 Å². The van der Waals surface area contributed by atoms with Gasteiger partial charge in [0.05, 0.1) is 5.69 Å². The first kappa shape index (κ1) is 28.6. The Morgan fingerprint density at radius 2 is 1.23 bits per heavy atom. The minimum Gasteiger partial charge on any atom is -0.310 e. The van der Waals surface area contributed by atoms with Crippen LogP contribution in [0.1, 0.15) is 42.9 Å². The molecule has 2 aliphatic carbocycles. The number of allylic oxidation sites excluding steroid dienone is 4. The zero-order valence-electron chi connectivity index (χ0n) is 27.4. The number of anilines is 3. The summed E-state index contributed by atoms with van der Waals surface area (Å²) in [7, 11) is 0. The molecule has 0 radical (unpaired) electrons. The summed E-state index contributed by atoms with van der Waals surface area (Å²) in [5.41, 5.74) is 13.0. The van der Waals surface area contributed by atoms with Crippen LogP contribution in [0.4, 0.5) is 17.1 Å². The lowest BCUT2D eigenvalue weighted by Gasteiger charge is -2.30. The molecule has 2 aliphatic rings. The fraction of sp³-hybridized carbons (Fsp3) is 0.106. The molecule has 1 nitrogen and oxygen atoms in total. The Labute approximate surface area is 283 Å². The van der Waals surface area contributed by atoms with E-state index < -0.39 is 0 Å². The lowest BCUT2D eigenvalue weighted by atomic mass is 9.74. The Bertz CT molecular complexity index is 2400. The van der Waals surface area contributed by atoms with Gasteiger partial charge in [-0.1, -0.05) is 153 Å². The van der Waals surface area contributed by atoms with Gasteiger partial charge in [-0.3, -0.25) is 0 Å². The largest absolute Gasteiger partial charge is 0.310 e. The second-order valence-electron chi connectivity index (χ2n) is 13.7. The van der Waals surface area contributed by atoms with E-state index in [0.717, 1.165) is 17.8 Å². The van der Waals surface area contributed by atoms with Gasteiger partial charge in [0.2, 0.25) is 0 Å². The molecule has 7 aromatic rings. The SMILES string of the molecule is CC1(C)C2=C(c3ccc(N(c4cccc(-c5cccc6ccccc56)c4)c4cccc5ccccc45)cc3)C=CCC2c2ccccc21. The summed E-state index contributed by atoms with van der Waals surface area (Å²) in [5, 5.41) is 4.98. The Balaban J connectivity index is 1.19. The maximum Gasteiger partial charge on any atom is 0.0540 e. The molecule has 1 atom stereocenters. The third kappa shape index (κ3) is 4.53. The number of nitrogens with zero attached hydrogens (tertiary/aromatic N) is 1. The molecule has 0 amide bonds. The van der Waals surface area contributed by atoms with Crippen LogP contribution in [0.15, 0.2) is 175 Å². The molecule has 7 aromatic carbocycles. The molecule has 0 bridgehead atoms. The molecule has 0 spiro atoms. The second kappa shape index (κ2) is 11.2. The Morgan fingerprint density at radius 3 is 2.06 bits per heavy atom. The summed E-state index contributed by atoms with van der Waals surface area (Å²) in [6, 6.07) is 57.9. The van der Waals surface area contributed by atoms with Crippen LogP contribution < -0.4 is 4.90 Å². The van der Waals surface area contributed by atoms with E-state index in [1.54, 1.807) is 5.57 Å². The highest BCUT2D eigenvalue weighted by Gasteiger charge is 2.43. The van der Waals surface area contributed by atoms with Crippen LogP contribution in [-0.4, -0.2) is 0 Å². The van der Waals surface area contributed by atoms with Crippen LogP contribution in [0.5, 0.6) is 0 Å². The number of fused-ring (bicyclic) bond motifs is 5. The van der Waals surface area contributed by atoms with Gasteiger partial charge >= 0.3 is 0 Å². The summed E-state index contributed by atoms with van der Waals surface area (Å²) >= 11 is 0. The van der Waals surface area contributed by atoms with Gasteiger partial charge < -0.3 is 4.90 Å². The van der Waals surface area contributed by atoms with Crippen LogP contribution in [-0.2, 0) is 5.41 Å². The lowest BCUT2D eigenvalue weighted by Crippen LogP contribution is -2.19. The van der Waals surface area contributed by atoms with Crippen LogP contribution >= 0.6 is 0 Å². The highest BCUT2D eigenvalue weighted by Crippen LogP contribution is 2.56. The predicted octanol–water partition coefficient (Wildman–Crippen LogP) is 12.9. The van der Waals surface area contributed by atoms with Crippen molar-refractivity contribution in [3.63, 3.8) is 0 Å². The monoisotopic (exact) mass is 615 g/mol. The van der Waals surface area contributed by atoms with Crippen molar-refractivity contribution in [2.45, 2.75) is 31.6 Å². The number of hydrogen-bond acceptors (Lipinski definition) is 1. The first-order valence-corrected chi connectivity index (χ1v) is 17.0. The normalized spacial score (nSPS) is 16.2. The molecule has 0 fully saturated rings. The number of benzene rings is 7. The lowest BCUT2D eigenvalue weighted by molar-refractivity contribution is 0.616. The molecule has 230 valence electrons. The summed E-state index contributed by atoms with van der Waals surface area (Å²) < 4.78 is 0. The van der Waals surface area contributed by atoms with Crippen molar-refractivity contribution >= 4 is 44.2 Å². The summed E-state index contributed by atoms with van der Waals surface area (Å²) in [4.78, 5) is 2.42. The van der Waals surface area contributed by atoms with E-state index in [-0.39, 0.29) is 5.41 Å². The smallest absolute Gasteiger partial charge is 0.0540 e. The fourth-order valence-corrected chi connectivity index (χ4v) is 8.45. The second-order valence-corrected chi connectivity index (χ2v) is 13.7. The standard InChI is InChI=1S/C47H37N/c1-47(2)44-25-8-7-21-42(44)43-24-12-23-41(46(43)47)34-27-29-36(30-28-34)48(45-26-11-16-33-14-4-6-20-40(33)45)37-18-9-17-35(31-37)39-22-10-15-32-13-3-5-19-38(32)39/h3-23,25-31,43H,24H2,1-2H3. The number of rotatable bonds is 5. The van der Waals surface area contributed by atoms with Crippen molar-refractivity contribution in [3.05, 3.63) is 192 Å². The van der Waals surface area contributed by atoms with Crippen LogP contribution in [0.25, 0.3) is 38.2 Å². The van der Waals surface area contributed by atoms with Gasteiger partial charge in [-0.2, -0.15) is 0 Å². The van der Waals surface area contributed by atoms with Gasteiger partial charge in [-0.25, -0.2) is 0 Å². The summed E-state index contributed by atoms with van der Waals surface area (Å²) in [6.07, 6.45) is 5.81. The molecule has 1 heteroatoms. The van der Waals surface area contributed by atoms with Crippen molar-refractivity contribution in [2.24, 2.45) is 0 Å². The minimum absolute atomic E-state index is 0.00291. The predicted molar refractivity (Wildman–Crippen MR) is 204 cm³/mol. The summed E-state index contributed by atoms with van der Waals surface area (Å²) in [6.45, 7) is 4.81. The van der Waals surface area contributed by atoms with E-state index in [1.165, 1.54) is 60.6 Å². The zero-order valence-corrected chi connectivity index (χ0v) is 27.4. The Morgan fingerprint density at radius 1 is 0.562 bits per heavy atom. The third-order valence-corrected chi connectivity index (χ3v) is 10.6. The highest BCUT2D eigenvalue weighted by atomic mass is 15.1. The zero-order chi connectivity index (χ0) is 32.2. The summed E-state index contributed by atoms with van der Waals surface area (Å²) in [5.74, 6) is 0.444. The van der Waals surface area contributed by atoms with Gasteiger partial charge in [0.1, 0.15) is 0 Å². The van der Waals surface area contributed by atoms with Gasteiger partial charge in [-0.05, 0) is 91.9 Å². The molecule has 0 heterocycles. The van der Waals surface area contributed by atoms with E-state index in [9.17, 15) is 0 Å². The molecule has 0 N–H and O–H groups in total. The highest BCUT2D eigenvalue weighted by molar-refractivity contribution is 6.01. The fourth-order valence-electron chi connectivity index (χ4n) is 8.45. The first-order chi connectivity index (χ1) is 23.6. The van der Waals surface area contributed by atoms with Gasteiger partial charge in [0.15, 0.2) is 0 Å². The molecule has 0 aliphatic heterocycles. The van der Waals surface area contributed by atoms with Crippen molar-refractivity contribution in [3.8, 4) is 11.1 Å². The van der Waals surface area contributed by atoms with E-state index in [4.69, 9.17) is 0 Å². The van der Waals surface area contributed by atoms with E-state index in [2.05, 4.69) is 189 Å². The van der Waals surface area contributed by atoms with Crippen LogP contribution in [0.3, 0.4) is 0 Å². The van der Waals surface area contributed by atoms with E-state index in [0.29, 0.717) is 5.92 Å². The average Bonchev–Trinajstić information content (AvgIpc) is 3.38. The molecular weight excluding hydrogens is 579 g/mol. The topological polar surface area (TPSA) is 3.24 Å². The van der Waals surface area contributed by atoms with Crippen molar-refractivity contribution in [2.75, 3.05) is 4.90 Å². The maximum atomic E-state index is 2.42. The quantitative estimate of drug-likeness (QED) is 0.186. The number of hydrogen-bond donors (Lipinski definition) is 0. The molecule has 0 aromatic heterocycles. The van der Waals surface area contributed by atoms with Crippen molar-refractivity contribution < 1.29 is 0 Å². The maximum absolute atomic E-state index is 2.42. The molecule has 1 unspecified atom stereocenters. The Kier molecular flexibility index (Phi) is 6.69. The van der Waals surface area contributed by atoms with Gasteiger partial charge in [-0.15, -0.1) is 0 Å². The molecule has 0 saturated heterocycles. The van der Waals surface area contributed by atoms with Gasteiger partial charge in [0.25, 0.3) is 0 Å². The molecule has 0 saturated carbocycles. The average molecular weight is 616 g/mol. The van der Waals surface area contributed by atoms with E-state index in [1.807, 2.05) is 0 Å². The molecular formula is C47H37N. The minimum atomic E-state index is -0.00291. The van der Waals surface area contributed by atoms with Crippen LogP contribution in [0.2, 0.25) is 0 Å². The van der Waals surface area contributed by atoms with Crippen LogP contribution in [0, 0.1) is 0 Å². The third-order valence-electron chi connectivity index (χ3n) is 10.6.